The van der Waals surface area contributed by atoms with Crippen LogP contribution in [0.15, 0.2) is 18.2 Å². The van der Waals surface area contributed by atoms with Gasteiger partial charge in [0.15, 0.2) is 0 Å². The van der Waals surface area contributed by atoms with E-state index in [0.717, 1.165) is 38.3 Å². The van der Waals surface area contributed by atoms with Crippen molar-refractivity contribution in [2.75, 3.05) is 31.1 Å². The second-order valence-corrected chi connectivity index (χ2v) is 4.39. The van der Waals surface area contributed by atoms with Crippen molar-refractivity contribution in [2.45, 2.75) is 6.42 Å². The molecule has 0 bridgehead atoms. The molecule has 2 rings (SSSR count). The van der Waals surface area contributed by atoms with Crippen molar-refractivity contribution >= 4 is 23.0 Å². The van der Waals surface area contributed by atoms with Crippen LogP contribution in [0.2, 0.25) is 5.02 Å². The third-order valence-electron chi connectivity index (χ3n) is 2.82. The first-order valence-corrected chi connectivity index (χ1v) is 5.96. The number of halogens is 1. The fraction of sp³-hybridized carbons (Fsp3) is 0.455. The molecule has 1 heterocycles. The number of nitrogens with zero attached hydrogens (tertiary/aromatic N) is 2. The lowest BCUT2D eigenvalue weighted by molar-refractivity contribution is -0.384. The predicted octanol–water partition coefficient (Wildman–Crippen LogP) is 2.05. The minimum atomic E-state index is -0.431. The zero-order chi connectivity index (χ0) is 12.3. The quantitative estimate of drug-likeness (QED) is 0.649. The molecular weight excluding hydrogens is 242 g/mol. The minimum absolute atomic E-state index is 0.0340. The maximum Gasteiger partial charge on any atom is 0.271 e. The van der Waals surface area contributed by atoms with Gasteiger partial charge in [0.05, 0.1) is 15.6 Å². The fourth-order valence-corrected chi connectivity index (χ4v) is 2.25. The van der Waals surface area contributed by atoms with Crippen LogP contribution in [0.5, 0.6) is 0 Å². The number of nitrogens with one attached hydrogen (secondary N) is 1. The van der Waals surface area contributed by atoms with E-state index in [1.807, 2.05) is 0 Å². The first kappa shape index (κ1) is 12.1. The Labute approximate surface area is 105 Å². The monoisotopic (exact) mass is 255 g/mol. The highest BCUT2D eigenvalue weighted by Crippen LogP contribution is 2.29. The van der Waals surface area contributed by atoms with E-state index in [0.29, 0.717) is 5.02 Å². The Kier molecular flexibility index (Phi) is 3.81. The number of anilines is 1. The van der Waals surface area contributed by atoms with E-state index in [2.05, 4.69) is 10.2 Å². The molecule has 17 heavy (non-hydrogen) atoms. The molecule has 6 heteroatoms. The first-order chi connectivity index (χ1) is 8.18. The second-order valence-electron chi connectivity index (χ2n) is 3.98. The van der Waals surface area contributed by atoms with Crippen molar-refractivity contribution < 1.29 is 4.92 Å². The molecule has 1 aromatic rings. The summed E-state index contributed by atoms with van der Waals surface area (Å²) in [5, 5.41) is 14.4. The molecule has 1 aliphatic heterocycles. The van der Waals surface area contributed by atoms with E-state index >= 15 is 0 Å². The van der Waals surface area contributed by atoms with Crippen molar-refractivity contribution in [3.05, 3.63) is 33.3 Å². The minimum Gasteiger partial charge on any atom is -0.369 e. The zero-order valence-electron chi connectivity index (χ0n) is 9.36. The van der Waals surface area contributed by atoms with E-state index in [4.69, 9.17) is 11.6 Å². The number of nitro groups is 1. The van der Waals surface area contributed by atoms with Gasteiger partial charge in [-0.1, -0.05) is 11.6 Å². The van der Waals surface area contributed by atoms with Crippen LogP contribution in [-0.4, -0.2) is 31.1 Å². The molecule has 0 atom stereocenters. The third kappa shape index (κ3) is 2.87. The highest BCUT2D eigenvalue weighted by Gasteiger charge is 2.15. The molecular formula is C11H14ClN3O2. The van der Waals surface area contributed by atoms with Gasteiger partial charge in [-0.2, -0.15) is 0 Å². The molecule has 0 saturated carbocycles. The van der Waals surface area contributed by atoms with E-state index in [9.17, 15) is 10.1 Å². The second kappa shape index (κ2) is 5.33. The van der Waals surface area contributed by atoms with Gasteiger partial charge in [0, 0.05) is 31.8 Å². The number of non-ortho nitro benzene ring substituents is 1. The highest BCUT2D eigenvalue weighted by atomic mass is 35.5. The Balaban J connectivity index is 2.22. The van der Waals surface area contributed by atoms with Gasteiger partial charge < -0.3 is 10.2 Å². The van der Waals surface area contributed by atoms with Crippen molar-refractivity contribution in [1.82, 2.24) is 5.32 Å². The maximum absolute atomic E-state index is 10.6. The zero-order valence-corrected chi connectivity index (χ0v) is 10.1. The lowest BCUT2D eigenvalue weighted by atomic mass is 10.2. The van der Waals surface area contributed by atoms with Crippen LogP contribution in [0.1, 0.15) is 6.42 Å². The summed E-state index contributed by atoms with van der Waals surface area (Å²) < 4.78 is 0. The van der Waals surface area contributed by atoms with Gasteiger partial charge in [-0.15, -0.1) is 0 Å². The molecule has 0 radical (unpaired) electrons. The standard InChI is InChI=1S/C11H14ClN3O2/c12-10-8-9(15(16)17)2-3-11(10)14-6-1-4-13-5-7-14/h2-3,8,13H,1,4-7H2. The highest BCUT2D eigenvalue weighted by molar-refractivity contribution is 6.33. The Morgan fingerprint density at radius 1 is 1.35 bits per heavy atom. The molecule has 5 nitrogen and oxygen atoms in total. The normalized spacial score (nSPS) is 16.6. The molecule has 1 fully saturated rings. The van der Waals surface area contributed by atoms with Gasteiger partial charge in [0.1, 0.15) is 0 Å². The summed E-state index contributed by atoms with van der Waals surface area (Å²) in [7, 11) is 0. The summed E-state index contributed by atoms with van der Waals surface area (Å²) in [6, 6.07) is 4.64. The summed E-state index contributed by atoms with van der Waals surface area (Å²) in [6.07, 6.45) is 1.05. The smallest absolute Gasteiger partial charge is 0.271 e. The van der Waals surface area contributed by atoms with Crippen molar-refractivity contribution in [3.8, 4) is 0 Å². The number of hydrogen-bond donors (Lipinski definition) is 1. The molecule has 1 aromatic carbocycles. The van der Waals surface area contributed by atoms with Gasteiger partial charge in [-0.05, 0) is 19.0 Å². The largest absolute Gasteiger partial charge is 0.369 e. The maximum atomic E-state index is 10.6. The molecule has 92 valence electrons. The summed E-state index contributed by atoms with van der Waals surface area (Å²) in [4.78, 5) is 12.3. The van der Waals surface area contributed by atoms with Crippen LogP contribution in [0.4, 0.5) is 11.4 Å². The molecule has 0 unspecified atom stereocenters. The Bertz CT molecular complexity index is 417. The first-order valence-electron chi connectivity index (χ1n) is 5.58. The topological polar surface area (TPSA) is 58.4 Å². The van der Waals surface area contributed by atoms with Crippen LogP contribution >= 0.6 is 11.6 Å². The van der Waals surface area contributed by atoms with Crippen LogP contribution in [0.3, 0.4) is 0 Å². The number of hydrogen-bond acceptors (Lipinski definition) is 4. The molecule has 0 aliphatic carbocycles. The lowest BCUT2D eigenvalue weighted by Gasteiger charge is -2.23. The number of benzene rings is 1. The summed E-state index contributed by atoms with van der Waals surface area (Å²) >= 11 is 6.09. The van der Waals surface area contributed by atoms with E-state index < -0.39 is 4.92 Å². The van der Waals surface area contributed by atoms with Crippen LogP contribution in [0, 0.1) is 10.1 Å². The molecule has 0 spiro atoms. The number of rotatable bonds is 2. The average Bonchev–Trinajstić information content (AvgIpc) is 2.57. The Morgan fingerprint density at radius 3 is 2.88 bits per heavy atom. The van der Waals surface area contributed by atoms with Crippen molar-refractivity contribution in [3.63, 3.8) is 0 Å². The fourth-order valence-electron chi connectivity index (χ4n) is 1.95. The van der Waals surface area contributed by atoms with Crippen molar-refractivity contribution in [1.29, 1.82) is 0 Å². The summed E-state index contributed by atoms with van der Waals surface area (Å²) in [6.45, 7) is 3.70. The van der Waals surface area contributed by atoms with Gasteiger partial charge in [0.25, 0.3) is 5.69 Å². The third-order valence-corrected chi connectivity index (χ3v) is 3.13. The molecule has 1 saturated heterocycles. The SMILES string of the molecule is O=[N+]([O-])c1ccc(N2CCCNCC2)c(Cl)c1. The lowest BCUT2D eigenvalue weighted by Crippen LogP contribution is -2.28. The summed E-state index contributed by atoms with van der Waals surface area (Å²) in [5.41, 5.74) is 0.910. The van der Waals surface area contributed by atoms with Crippen LogP contribution in [-0.2, 0) is 0 Å². The van der Waals surface area contributed by atoms with Crippen LogP contribution < -0.4 is 10.2 Å². The predicted molar refractivity (Wildman–Crippen MR) is 67.8 cm³/mol. The number of nitro benzene ring substituents is 1. The molecule has 0 amide bonds. The van der Waals surface area contributed by atoms with E-state index in [-0.39, 0.29) is 5.69 Å². The van der Waals surface area contributed by atoms with Gasteiger partial charge in [-0.25, -0.2) is 0 Å². The van der Waals surface area contributed by atoms with Gasteiger partial charge in [0.2, 0.25) is 0 Å². The molecule has 1 aliphatic rings. The summed E-state index contributed by atoms with van der Waals surface area (Å²) in [5.74, 6) is 0. The average molecular weight is 256 g/mol. The van der Waals surface area contributed by atoms with Gasteiger partial charge >= 0.3 is 0 Å². The van der Waals surface area contributed by atoms with Gasteiger partial charge in [-0.3, -0.25) is 10.1 Å². The van der Waals surface area contributed by atoms with Crippen molar-refractivity contribution in [2.24, 2.45) is 0 Å². The van der Waals surface area contributed by atoms with Crippen LogP contribution in [0.25, 0.3) is 0 Å². The molecule has 0 aromatic heterocycles. The Hall–Kier alpha value is -1.33. The Morgan fingerprint density at radius 2 is 2.18 bits per heavy atom. The van der Waals surface area contributed by atoms with E-state index in [1.54, 1.807) is 6.07 Å². The van der Waals surface area contributed by atoms with E-state index in [1.165, 1.54) is 12.1 Å². The molecule has 1 N–H and O–H groups in total.